The van der Waals surface area contributed by atoms with Crippen molar-refractivity contribution in [2.24, 2.45) is 0 Å². The van der Waals surface area contributed by atoms with Crippen molar-refractivity contribution in [1.29, 1.82) is 0 Å². The van der Waals surface area contributed by atoms with Crippen LogP contribution in [-0.4, -0.2) is 20.5 Å². The molecular weight excluding hydrogens is 391 g/mol. The fraction of sp³-hybridized carbons (Fsp3) is 0.0556. The van der Waals surface area contributed by atoms with Crippen LogP contribution in [0.15, 0.2) is 54.9 Å². The molecule has 0 aliphatic carbocycles. The number of pyridine rings is 1. The normalized spacial score (nSPS) is 11.0. The minimum absolute atomic E-state index is 0.278. The highest BCUT2D eigenvalue weighted by molar-refractivity contribution is 7.18. The van der Waals surface area contributed by atoms with Gasteiger partial charge in [-0.15, -0.1) is 0 Å². The van der Waals surface area contributed by atoms with E-state index in [-0.39, 0.29) is 5.91 Å². The maximum Gasteiger partial charge on any atom is 0.280 e. The van der Waals surface area contributed by atoms with Crippen molar-refractivity contribution in [2.75, 3.05) is 0 Å². The van der Waals surface area contributed by atoms with Gasteiger partial charge in [0.15, 0.2) is 5.01 Å². The van der Waals surface area contributed by atoms with E-state index in [1.165, 1.54) is 0 Å². The Balaban J connectivity index is 1.57. The molecule has 0 saturated heterocycles. The number of rotatable bonds is 4. The third-order valence-corrected chi connectivity index (χ3v) is 5.29. The Hall–Kier alpha value is -2.41. The molecule has 4 rings (SSSR count). The van der Waals surface area contributed by atoms with Gasteiger partial charge < -0.3 is 5.32 Å². The average Bonchev–Trinajstić information content (AvgIpc) is 3.23. The van der Waals surface area contributed by atoms with Crippen molar-refractivity contribution in [3.05, 3.63) is 74.8 Å². The van der Waals surface area contributed by atoms with Gasteiger partial charge in [0, 0.05) is 23.3 Å². The quantitative estimate of drug-likeness (QED) is 0.538. The number of hydrogen-bond acceptors (Lipinski definition) is 4. The topological polar surface area (TPSA) is 59.3 Å². The zero-order valence-electron chi connectivity index (χ0n) is 13.3. The number of nitrogens with one attached hydrogen (secondary N) is 1. The van der Waals surface area contributed by atoms with Gasteiger partial charge in [-0.2, -0.15) is 5.10 Å². The first-order chi connectivity index (χ1) is 12.6. The lowest BCUT2D eigenvalue weighted by atomic mass is 10.2. The average molecular weight is 403 g/mol. The predicted octanol–water partition coefficient (Wildman–Crippen LogP) is 4.69. The molecule has 0 aliphatic rings. The van der Waals surface area contributed by atoms with E-state index in [2.05, 4.69) is 15.4 Å². The maximum atomic E-state index is 12.4. The van der Waals surface area contributed by atoms with E-state index in [1.807, 2.05) is 36.5 Å². The first-order valence-corrected chi connectivity index (χ1v) is 9.31. The molecule has 0 aliphatic heterocycles. The molecule has 5 nitrogen and oxygen atoms in total. The Kier molecular flexibility index (Phi) is 4.63. The highest BCUT2D eigenvalue weighted by atomic mass is 35.5. The molecule has 0 spiro atoms. The Morgan fingerprint density at radius 1 is 1.19 bits per heavy atom. The third-order valence-electron chi connectivity index (χ3n) is 3.80. The summed E-state index contributed by atoms with van der Waals surface area (Å²) in [6.07, 6.45) is 3.54. The summed E-state index contributed by atoms with van der Waals surface area (Å²) >= 11 is 13.4. The molecule has 8 heteroatoms. The first kappa shape index (κ1) is 17.0. The second kappa shape index (κ2) is 7.07. The predicted molar refractivity (Wildman–Crippen MR) is 104 cm³/mol. The molecule has 3 heterocycles. The molecule has 130 valence electrons. The number of carbonyl (C=O) groups is 1. The summed E-state index contributed by atoms with van der Waals surface area (Å²) in [4.78, 5) is 16.9. The first-order valence-electron chi connectivity index (χ1n) is 7.73. The van der Waals surface area contributed by atoms with E-state index in [1.54, 1.807) is 22.8 Å². The largest absolute Gasteiger partial charge is 0.346 e. The van der Waals surface area contributed by atoms with Gasteiger partial charge in [-0.3, -0.25) is 4.79 Å². The van der Waals surface area contributed by atoms with E-state index in [4.69, 9.17) is 23.2 Å². The van der Waals surface area contributed by atoms with Crippen LogP contribution in [0, 0.1) is 0 Å². The van der Waals surface area contributed by atoms with E-state index in [0.717, 1.165) is 28.0 Å². The van der Waals surface area contributed by atoms with Crippen molar-refractivity contribution in [2.45, 2.75) is 6.54 Å². The number of amides is 1. The summed E-state index contributed by atoms with van der Waals surface area (Å²) in [6.45, 7) is 0.364. The molecule has 26 heavy (non-hydrogen) atoms. The van der Waals surface area contributed by atoms with Crippen LogP contribution in [0.5, 0.6) is 0 Å². The van der Waals surface area contributed by atoms with Gasteiger partial charge in [-0.05, 0) is 29.8 Å². The summed E-state index contributed by atoms with van der Waals surface area (Å²) in [5.41, 5.74) is 3.15. The minimum atomic E-state index is -0.278. The summed E-state index contributed by atoms with van der Waals surface area (Å²) in [5, 5.41) is 8.06. The lowest BCUT2D eigenvalue weighted by Gasteiger charge is -2.03. The fourth-order valence-electron chi connectivity index (χ4n) is 2.59. The molecule has 0 bridgehead atoms. The molecule has 0 unspecified atom stereocenters. The number of halogens is 2. The molecule has 4 aromatic rings. The second-order valence-electron chi connectivity index (χ2n) is 5.54. The zero-order valence-corrected chi connectivity index (χ0v) is 15.6. The van der Waals surface area contributed by atoms with Crippen LogP contribution in [0.1, 0.15) is 15.4 Å². The summed E-state index contributed by atoms with van der Waals surface area (Å²) in [6, 6.07) is 13.1. The third kappa shape index (κ3) is 3.31. The van der Waals surface area contributed by atoms with Crippen LogP contribution in [-0.2, 0) is 6.54 Å². The number of thiazole rings is 1. The van der Waals surface area contributed by atoms with Crippen LogP contribution < -0.4 is 5.32 Å². The number of hydrogen-bond donors (Lipinski definition) is 1. The lowest BCUT2D eigenvalue weighted by molar-refractivity contribution is 0.0950. The Labute approximate surface area is 163 Å². The van der Waals surface area contributed by atoms with Gasteiger partial charge in [-0.25, -0.2) is 9.50 Å². The minimum Gasteiger partial charge on any atom is -0.346 e. The number of aromatic nitrogens is 3. The maximum absolute atomic E-state index is 12.4. The molecule has 0 fully saturated rings. The molecule has 1 aromatic carbocycles. The zero-order chi connectivity index (χ0) is 18.1. The smallest absolute Gasteiger partial charge is 0.280 e. The SMILES string of the molecule is O=C(NCc1cccc(Cl)c1)c1nc(-c2cnn3ccccc23)c(Cl)s1. The van der Waals surface area contributed by atoms with E-state index >= 15 is 0 Å². The molecule has 1 N–H and O–H groups in total. The fourth-order valence-corrected chi connectivity index (χ4v) is 3.89. The highest BCUT2D eigenvalue weighted by Crippen LogP contribution is 2.34. The van der Waals surface area contributed by atoms with Gasteiger partial charge in [-0.1, -0.05) is 52.7 Å². The van der Waals surface area contributed by atoms with Gasteiger partial charge in [0.25, 0.3) is 5.91 Å². The van der Waals surface area contributed by atoms with Gasteiger partial charge in [0.1, 0.15) is 10.0 Å². The summed E-state index contributed by atoms with van der Waals surface area (Å²) in [5.74, 6) is -0.278. The highest BCUT2D eigenvalue weighted by Gasteiger charge is 2.19. The van der Waals surface area contributed by atoms with Gasteiger partial charge in [0.05, 0.1) is 11.7 Å². The lowest BCUT2D eigenvalue weighted by Crippen LogP contribution is -2.22. The van der Waals surface area contributed by atoms with Crippen LogP contribution in [0.4, 0.5) is 0 Å². The number of fused-ring (bicyclic) bond motifs is 1. The molecular formula is C18H12Cl2N4OS. The molecule has 0 atom stereocenters. The van der Waals surface area contributed by atoms with Crippen LogP contribution in [0.3, 0.4) is 0 Å². The Morgan fingerprint density at radius 2 is 2.08 bits per heavy atom. The molecule has 0 radical (unpaired) electrons. The van der Waals surface area contributed by atoms with Crippen molar-refractivity contribution in [3.8, 4) is 11.3 Å². The van der Waals surface area contributed by atoms with Crippen molar-refractivity contribution >= 4 is 46.0 Å². The van der Waals surface area contributed by atoms with Crippen LogP contribution >= 0.6 is 34.5 Å². The summed E-state index contributed by atoms with van der Waals surface area (Å²) < 4.78 is 2.20. The van der Waals surface area contributed by atoms with Gasteiger partial charge in [0.2, 0.25) is 0 Å². The molecule has 0 saturated carbocycles. The van der Waals surface area contributed by atoms with Gasteiger partial charge >= 0.3 is 0 Å². The molecule has 1 amide bonds. The van der Waals surface area contributed by atoms with Crippen molar-refractivity contribution < 1.29 is 4.79 Å². The summed E-state index contributed by atoms with van der Waals surface area (Å²) in [7, 11) is 0. The number of benzene rings is 1. The standard InChI is InChI=1S/C18H12Cl2N4OS/c19-12-5-3-4-11(8-12)9-21-17(25)18-23-15(16(20)26-18)13-10-22-24-7-2-1-6-14(13)24/h1-8,10H,9H2,(H,21,25). The number of carbonyl (C=O) groups excluding carboxylic acids is 1. The van der Waals surface area contributed by atoms with Crippen LogP contribution in [0.2, 0.25) is 9.36 Å². The van der Waals surface area contributed by atoms with E-state index in [9.17, 15) is 4.79 Å². The van der Waals surface area contributed by atoms with Crippen molar-refractivity contribution in [1.82, 2.24) is 19.9 Å². The number of nitrogens with zero attached hydrogens (tertiary/aromatic N) is 3. The van der Waals surface area contributed by atoms with E-state index in [0.29, 0.717) is 26.6 Å². The van der Waals surface area contributed by atoms with E-state index < -0.39 is 0 Å². The Bertz CT molecular complexity index is 1110. The van der Waals surface area contributed by atoms with Crippen LogP contribution in [0.25, 0.3) is 16.8 Å². The monoisotopic (exact) mass is 402 g/mol. The molecule has 3 aromatic heterocycles. The second-order valence-corrected chi connectivity index (χ2v) is 7.58. The van der Waals surface area contributed by atoms with Crippen molar-refractivity contribution in [3.63, 3.8) is 0 Å². The Morgan fingerprint density at radius 3 is 2.92 bits per heavy atom.